The first-order chi connectivity index (χ1) is 11.6. The molecule has 0 aromatic carbocycles. The van der Waals surface area contributed by atoms with Gasteiger partial charge >= 0.3 is 0 Å². The summed E-state index contributed by atoms with van der Waals surface area (Å²) in [5.41, 5.74) is 2.39. The molecule has 3 heterocycles. The van der Waals surface area contributed by atoms with Gasteiger partial charge in [0.2, 0.25) is 0 Å². The Balaban J connectivity index is 0.00000100. The molecule has 0 saturated heterocycles. The topological polar surface area (TPSA) is 60.7 Å². The van der Waals surface area contributed by atoms with Gasteiger partial charge in [0.05, 0.1) is 22.0 Å². The monoisotopic (exact) mass is 492 g/mol. The van der Waals surface area contributed by atoms with Gasteiger partial charge in [0, 0.05) is 24.0 Å². The van der Waals surface area contributed by atoms with Crippen LogP contribution < -0.4 is 5.56 Å². The van der Waals surface area contributed by atoms with Gasteiger partial charge < -0.3 is 0 Å². The highest BCUT2D eigenvalue weighted by molar-refractivity contribution is 14.2. The number of aryl methyl sites for hydroxylation is 1. The molecule has 1 unspecified atom stereocenters. The van der Waals surface area contributed by atoms with Crippen molar-refractivity contribution in [2.24, 2.45) is 0 Å². The Bertz CT molecular complexity index is 899. The van der Waals surface area contributed by atoms with Crippen LogP contribution in [0.4, 0.5) is 0 Å². The zero-order valence-electron chi connectivity index (χ0n) is 13.2. The highest BCUT2D eigenvalue weighted by Crippen LogP contribution is 2.34. The first kappa shape index (κ1) is 19.4. The summed E-state index contributed by atoms with van der Waals surface area (Å²) in [6.07, 6.45) is 3.58. The van der Waals surface area contributed by atoms with Crippen molar-refractivity contribution >= 4 is 51.4 Å². The minimum absolute atomic E-state index is 0.0992. The molecule has 0 radical (unpaired) electrons. The predicted octanol–water partition coefficient (Wildman–Crippen LogP) is 5.21. The molecule has 126 valence electrons. The number of nitrogens with zero attached hydrogens (tertiary/aromatic N) is 4. The van der Waals surface area contributed by atoms with E-state index in [9.17, 15) is 4.79 Å². The molecule has 0 aliphatic rings. The molecule has 0 fully saturated rings. The quantitative estimate of drug-likeness (QED) is 0.372. The van der Waals surface area contributed by atoms with Gasteiger partial charge in [0.15, 0.2) is 0 Å². The maximum Gasteiger partial charge on any atom is 0.270 e. The van der Waals surface area contributed by atoms with Crippen molar-refractivity contribution < 1.29 is 0 Å². The van der Waals surface area contributed by atoms with Crippen LogP contribution in [0.3, 0.4) is 0 Å². The summed E-state index contributed by atoms with van der Waals surface area (Å²) in [4.78, 5) is 21.2. The van der Waals surface area contributed by atoms with E-state index in [-0.39, 0.29) is 11.9 Å². The second-order valence-corrected chi connectivity index (χ2v) is 7.85. The lowest BCUT2D eigenvalue weighted by Gasteiger charge is -2.01. The third-order valence-electron chi connectivity index (χ3n) is 2.86. The van der Waals surface area contributed by atoms with Crippen LogP contribution in [0.5, 0.6) is 0 Å². The molecule has 24 heavy (non-hydrogen) atoms. The molecule has 3 aromatic heterocycles. The SMILES string of the molecule is CC.Cc1nc(-c2cncc(Cl)c2)sc1-c1ccc(=O)n(PI)n1. The van der Waals surface area contributed by atoms with Crippen molar-refractivity contribution in [2.75, 3.05) is 0 Å². The molecule has 3 rings (SSSR count). The van der Waals surface area contributed by atoms with E-state index in [2.05, 4.69) is 37.1 Å². The number of rotatable bonds is 3. The summed E-state index contributed by atoms with van der Waals surface area (Å²) in [5.74, 6) is 0. The van der Waals surface area contributed by atoms with Gasteiger partial charge in [-0.05, 0) is 41.1 Å². The Morgan fingerprint density at radius 3 is 2.71 bits per heavy atom. The molecule has 0 spiro atoms. The second-order valence-electron chi connectivity index (χ2n) is 4.38. The van der Waals surface area contributed by atoms with E-state index in [4.69, 9.17) is 11.6 Å². The molecule has 0 amide bonds. The summed E-state index contributed by atoms with van der Waals surface area (Å²) >= 11 is 9.63. The Morgan fingerprint density at radius 2 is 2.04 bits per heavy atom. The minimum atomic E-state index is -0.0992. The number of hydrogen-bond donors (Lipinski definition) is 0. The van der Waals surface area contributed by atoms with Crippen LogP contribution in [0.15, 0.2) is 35.4 Å². The summed E-state index contributed by atoms with van der Waals surface area (Å²) in [6, 6.07) is 5.10. The second kappa shape index (κ2) is 8.99. The molecule has 9 heteroatoms. The van der Waals surface area contributed by atoms with Gasteiger partial charge in [-0.2, -0.15) is 5.10 Å². The summed E-state index contributed by atoms with van der Waals surface area (Å²) in [6.45, 7) is 5.93. The van der Waals surface area contributed by atoms with Gasteiger partial charge in [-0.3, -0.25) is 9.78 Å². The Hall–Kier alpha value is -0.890. The van der Waals surface area contributed by atoms with E-state index in [0.717, 1.165) is 26.8 Å². The van der Waals surface area contributed by atoms with E-state index in [1.54, 1.807) is 18.5 Å². The van der Waals surface area contributed by atoms with Crippen LogP contribution in [-0.4, -0.2) is 19.5 Å². The lowest BCUT2D eigenvalue weighted by Crippen LogP contribution is -2.14. The van der Waals surface area contributed by atoms with Gasteiger partial charge in [0.1, 0.15) is 10.7 Å². The van der Waals surface area contributed by atoms with Crippen LogP contribution in [0.1, 0.15) is 19.5 Å². The fourth-order valence-electron chi connectivity index (χ4n) is 1.88. The van der Waals surface area contributed by atoms with Crippen molar-refractivity contribution in [3.8, 4) is 21.1 Å². The maximum absolute atomic E-state index is 11.7. The minimum Gasteiger partial charge on any atom is -0.268 e. The van der Waals surface area contributed by atoms with Crippen LogP contribution in [0, 0.1) is 6.92 Å². The molecule has 1 atom stereocenters. The van der Waals surface area contributed by atoms with Gasteiger partial charge in [-0.1, -0.05) is 25.4 Å². The van der Waals surface area contributed by atoms with Crippen molar-refractivity contribution in [2.45, 2.75) is 20.8 Å². The normalized spacial score (nSPS) is 10.7. The lowest BCUT2D eigenvalue weighted by molar-refractivity contribution is 0.924. The van der Waals surface area contributed by atoms with E-state index in [1.807, 2.05) is 26.8 Å². The third-order valence-corrected chi connectivity index (χ3v) is 6.15. The molecule has 0 aliphatic heterocycles. The number of thiazole rings is 1. The molecule has 0 aliphatic carbocycles. The molecule has 0 saturated carbocycles. The number of pyridine rings is 1. The van der Waals surface area contributed by atoms with Crippen LogP contribution in [0.25, 0.3) is 21.1 Å². The molecule has 0 N–H and O–H groups in total. The Morgan fingerprint density at radius 1 is 1.29 bits per heavy atom. The first-order valence-electron chi connectivity index (χ1n) is 7.14. The fourth-order valence-corrected chi connectivity index (χ4v) is 4.41. The highest BCUT2D eigenvalue weighted by Gasteiger charge is 2.14. The van der Waals surface area contributed by atoms with E-state index < -0.39 is 0 Å². The largest absolute Gasteiger partial charge is 0.270 e. The molecule has 3 aromatic rings. The van der Waals surface area contributed by atoms with Crippen molar-refractivity contribution in [3.63, 3.8) is 0 Å². The summed E-state index contributed by atoms with van der Waals surface area (Å²) in [7, 11) is 0. The van der Waals surface area contributed by atoms with E-state index in [1.165, 1.54) is 21.9 Å². The zero-order valence-corrected chi connectivity index (χ0v) is 18.0. The first-order valence-corrected chi connectivity index (χ1v) is 12.4. The molecular formula is C15H15ClIN4OPS. The standard InChI is InChI=1S/C13H9ClIN4OPS.C2H6/c1-7-12(10-2-3-11(20)19(18-10)21-15)22-13(17-7)8-4-9(14)6-16-5-8;1-2/h2-6,21H,1H3;1-2H3. The fraction of sp³-hybridized carbons (Fsp3) is 0.200. The highest BCUT2D eigenvalue weighted by atomic mass is 127. The maximum atomic E-state index is 11.7. The third kappa shape index (κ3) is 4.39. The average molecular weight is 493 g/mol. The van der Waals surface area contributed by atoms with Crippen molar-refractivity contribution in [1.82, 2.24) is 19.5 Å². The Kier molecular flexibility index (Phi) is 7.28. The average Bonchev–Trinajstić information content (AvgIpc) is 2.99. The number of hydrogen-bond acceptors (Lipinski definition) is 5. The molecular weight excluding hydrogens is 478 g/mol. The van der Waals surface area contributed by atoms with E-state index in [0.29, 0.717) is 5.02 Å². The number of halogens is 2. The van der Waals surface area contributed by atoms with Gasteiger partial charge in [-0.25, -0.2) is 9.44 Å². The van der Waals surface area contributed by atoms with Crippen LogP contribution >= 0.6 is 51.4 Å². The zero-order chi connectivity index (χ0) is 17.7. The Labute approximate surface area is 163 Å². The van der Waals surface area contributed by atoms with Crippen molar-refractivity contribution in [1.29, 1.82) is 0 Å². The van der Waals surface area contributed by atoms with Crippen molar-refractivity contribution in [3.05, 3.63) is 51.7 Å². The van der Waals surface area contributed by atoms with Crippen LogP contribution in [0.2, 0.25) is 5.02 Å². The van der Waals surface area contributed by atoms with Gasteiger partial charge in [0.25, 0.3) is 5.56 Å². The predicted molar refractivity (Wildman–Crippen MR) is 112 cm³/mol. The van der Waals surface area contributed by atoms with Gasteiger partial charge in [-0.15, -0.1) is 11.3 Å². The smallest absolute Gasteiger partial charge is 0.268 e. The van der Waals surface area contributed by atoms with E-state index >= 15 is 0 Å². The molecule has 0 bridgehead atoms. The number of aromatic nitrogens is 4. The lowest BCUT2D eigenvalue weighted by atomic mass is 10.3. The molecule has 5 nitrogen and oxygen atoms in total. The van der Waals surface area contributed by atoms with Crippen LogP contribution in [-0.2, 0) is 0 Å². The summed E-state index contributed by atoms with van der Waals surface area (Å²) < 4.78 is 1.45. The summed E-state index contributed by atoms with van der Waals surface area (Å²) in [5, 5.41) is 5.79.